The Kier molecular flexibility index (Phi) is 9.85. The first-order valence-corrected chi connectivity index (χ1v) is 13.9. The van der Waals surface area contributed by atoms with Crippen molar-refractivity contribution in [2.45, 2.75) is 31.1 Å². The Labute approximate surface area is 199 Å². The number of hydrogen-bond donors (Lipinski definition) is 9. The van der Waals surface area contributed by atoms with E-state index in [0.717, 1.165) is 10.8 Å². The Morgan fingerprint density at radius 2 is 1.77 bits per heavy atom. The minimum absolute atomic E-state index is 0.0261. The number of carbonyl (C=O) groups is 1. The molecule has 35 heavy (non-hydrogen) atoms. The second kappa shape index (κ2) is 11.5. The molecule has 0 radical (unpaired) electrons. The number of phosphoric ester groups is 1. The highest BCUT2D eigenvalue weighted by Crippen LogP contribution is 2.66. The SMILES string of the molecule is O=C(O)CNCc1cn([C@@H]2O[C@H](COP(=O)(O)OP(=O)(O)OP(=O)(O)O)[C@@H](O)[C@H]2O)c(=S)[nH]c1=O. The summed E-state index contributed by atoms with van der Waals surface area (Å²) in [5.41, 5.74) is -0.705. The van der Waals surface area contributed by atoms with Gasteiger partial charge in [-0.1, -0.05) is 0 Å². The molecule has 2 heterocycles. The summed E-state index contributed by atoms with van der Waals surface area (Å²) in [5, 5.41) is 31.6. The lowest BCUT2D eigenvalue weighted by Crippen LogP contribution is -2.34. The minimum Gasteiger partial charge on any atom is -0.480 e. The van der Waals surface area contributed by atoms with Crippen LogP contribution in [0.15, 0.2) is 11.0 Å². The number of aromatic amines is 1. The molecule has 6 atom stereocenters. The molecule has 200 valence electrons. The summed E-state index contributed by atoms with van der Waals surface area (Å²) < 4.78 is 51.4. The van der Waals surface area contributed by atoms with Gasteiger partial charge in [0.15, 0.2) is 11.0 Å². The van der Waals surface area contributed by atoms with E-state index in [9.17, 15) is 38.4 Å². The van der Waals surface area contributed by atoms with Crippen LogP contribution in [0.5, 0.6) is 0 Å². The van der Waals surface area contributed by atoms with Crippen LogP contribution >= 0.6 is 35.7 Å². The summed E-state index contributed by atoms with van der Waals surface area (Å²) in [4.78, 5) is 60.6. The second-order valence-electron chi connectivity index (χ2n) is 6.75. The predicted octanol–water partition coefficient (Wildman–Crippen LogP) is -1.96. The summed E-state index contributed by atoms with van der Waals surface area (Å²) >= 11 is 4.99. The fraction of sp³-hybridized carbons (Fsp3) is 0.583. The molecule has 2 unspecified atom stereocenters. The number of aliphatic hydroxyl groups excluding tert-OH is 2. The van der Waals surface area contributed by atoms with E-state index in [-0.39, 0.29) is 16.9 Å². The Balaban J connectivity index is 2.12. The fourth-order valence-corrected chi connectivity index (χ4v) is 5.99. The van der Waals surface area contributed by atoms with Crippen molar-refractivity contribution >= 4 is 41.7 Å². The van der Waals surface area contributed by atoms with E-state index in [4.69, 9.17) is 36.7 Å². The predicted molar refractivity (Wildman–Crippen MR) is 111 cm³/mol. The number of aromatic nitrogens is 2. The van der Waals surface area contributed by atoms with Gasteiger partial charge in [0.1, 0.15) is 18.3 Å². The van der Waals surface area contributed by atoms with Crippen molar-refractivity contribution in [3.63, 3.8) is 0 Å². The molecule has 2 rings (SSSR count). The maximum Gasteiger partial charge on any atom is 0.490 e. The van der Waals surface area contributed by atoms with Gasteiger partial charge in [0, 0.05) is 18.3 Å². The highest BCUT2D eigenvalue weighted by molar-refractivity contribution is 7.71. The van der Waals surface area contributed by atoms with E-state index < -0.39 is 72.7 Å². The number of carboxylic acid groups (broad SMARTS) is 1. The lowest BCUT2D eigenvalue weighted by Gasteiger charge is -2.20. The number of ether oxygens (including phenoxy) is 1. The van der Waals surface area contributed by atoms with Crippen LogP contribution in [0.4, 0.5) is 0 Å². The number of nitrogens with zero attached hydrogens (tertiary/aromatic N) is 1. The van der Waals surface area contributed by atoms with E-state index in [2.05, 4.69) is 23.4 Å². The van der Waals surface area contributed by atoms with Crippen molar-refractivity contribution in [1.29, 1.82) is 0 Å². The van der Waals surface area contributed by atoms with Crippen LogP contribution in [0.25, 0.3) is 0 Å². The van der Waals surface area contributed by atoms with Gasteiger partial charge >= 0.3 is 29.4 Å². The molecule has 0 aromatic carbocycles. The number of H-pyrrole nitrogens is 1. The van der Waals surface area contributed by atoms with Gasteiger partial charge in [0.2, 0.25) is 0 Å². The molecule has 9 N–H and O–H groups in total. The topological polar surface area (TPSA) is 297 Å². The third-order valence-electron chi connectivity index (χ3n) is 4.06. The molecule has 0 saturated carbocycles. The molecule has 0 amide bonds. The van der Waals surface area contributed by atoms with Gasteiger partial charge in [-0.05, 0) is 12.2 Å². The number of rotatable bonds is 12. The molecular weight excluding hydrogens is 567 g/mol. The van der Waals surface area contributed by atoms with Gasteiger partial charge in [0.25, 0.3) is 5.56 Å². The summed E-state index contributed by atoms with van der Waals surface area (Å²) in [6.45, 7) is -1.75. The molecule has 1 aromatic heterocycles. The maximum absolute atomic E-state index is 12.0. The molecule has 23 heteroatoms. The second-order valence-corrected chi connectivity index (χ2v) is 11.6. The minimum atomic E-state index is -5.76. The third kappa shape index (κ3) is 9.01. The maximum atomic E-state index is 12.0. The Bertz CT molecular complexity index is 1200. The fourth-order valence-electron chi connectivity index (χ4n) is 2.71. The van der Waals surface area contributed by atoms with E-state index in [1.807, 2.05) is 0 Å². The van der Waals surface area contributed by atoms with Gasteiger partial charge in [-0.25, -0.2) is 13.7 Å². The number of aliphatic hydroxyl groups is 2. The lowest BCUT2D eigenvalue weighted by molar-refractivity contribution is -0.136. The van der Waals surface area contributed by atoms with E-state index >= 15 is 0 Å². The van der Waals surface area contributed by atoms with Crippen molar-refractivity contribution < 1.29 is 71.3 Å². The van der Waals surface area contributed by atoms with E-state index in [1.54, 1.807) is 0 Å². The van der Waals surface area contributed by atoms with Crippen molar-refractivity contribution in [2.24, 2.45) is 0 Å². The number of aliphatic carboxylic acids is 1. The van der Waals surface area contributed by atoms with Gasteiger partial charge in [0.05, 0.1) is 13.2 Å². The zero-order valence-corrected chi connectivity index (χ0v) is 20.5. The monoisotopic (exact) mass is 587 g/mol. The molecule has 0 spiro atoms. The average molecular weight is 587 g/mol. The molecule has 0 aliphatic carbocycles. The quantitative estimate of drug-likeness (QED) is 0.0947. The molecule has 1 aromatic rings. The Morgan fingerprint density at radius 3 is 2.34 bits per heavy atom. The van der Waals surface area contributed by atoms with Crippen molar-refractivity contribution in [3.05, 3.63) is 26.9 Å². The van der Waals surface area contributed by atoms with Gasteiger partial charge in [-0.3, -0.25) is 23.7 Å². The van der Waals surface area contributed by atoms with Crippen LogP contribution in [0.3, 0.4) is 0 Å². The first-order chi connectivity index (χ1) is 15.9. The van der Waals surface area contributed by atoms with Gasteiger partial charge in [-0.15, -0.1) is 0 Å². The molecule has 1 saturated heterocycles. The summed E-state index contributed by atoms with van der Waals surface area (Å²) in [5.74, 6) is -1.19. The lowest BCUT2D eigenvalue weighted by atomic mass is 10.1. The molecule has 1 aliphatic heterocycles. The Hall–Kier alpha value is -1.18. The van der Waals surface area contributed by atoms with E-state index in [1.165, 1.54) is 0 Å². The number of carboxylic acids is 1. The number of phosphoric acid groups is 3. The van der Waals surface area contributed by atoms with Crippen molar-refractivity contribution in [3.8, 4) is 0 Å². The third-order valence-corrected chi connectivity index (χ3v) is 8.18. The first kappa shape index (κ1) is 30.0. The van der Waals surface area contributed by atoms with Crippen molar-refractivity contribution in [2.75, 3.05) is 13.2 Å². The summed E-state index contributed by atoms with van der Waals surface area (Å²) in [7, 11) is -16.9. The standard InChI is InChI=1S/C12H20N3O16P3S/c16-7(17)2-13-1-5-3-15(12(35)14-10(5)20)11-9(19)8(18)6(29-11)4-28-33(24,25)31-34(26,27)30-32(21,22)23/h3,6,8-9,11,13,18-19H,1-2,4H2,(H,16,17)(H,24,25)(H,26,27)(H,14,20,35)(H2,21,22,23)/t6-,8-,9-,11-/m1/s1. The van der Waals surface area contributed by atoms with Crippen LogP contribution in [0, 0.1) is 4.77 Å². The average Bonchev–Trinajstić information content (AvgIpc) is 2.93. The van der Waals surface area contributed by atoms with Gasteiger partial charge < -0.3 is 44.9 Å². The summed E-state index contributed by atoms with van der Waals surface area (Å²) in [6, 6.07) is 0. The van der Waals surface area contributed by atoms with Crippen molar-refractivity contribution in [1.82, 2.24) is 14.9 Å². The molecule has 0 bridgehead atoms. The smallest absolute Gasteiger partial charge is 0.480 e. The highest BCUT2D eigenvalue weighted by atomic mass is 32.1. The molecule has 1 fully saturated rings. The zero-order chi connectivity index (χ0) is 26.8. The van der Waals surface area contributed by atoms with Crippen LogP contribution in [0.2, 0.25) is 0 Å². The largest absolute Gasteiger partial charge is 0.490 e. The van der Waals surface area contributed by atoms with Crippen LogP contribution in [0.1, 0.15) is 11.8 Å². The number of nitrogens with one attached hydrogen (secondary N) is 2. The normalized spacial score (nSPS) is 26.2. The highest BCUT2D eigenvalue weighted by Gasteiger charge is 2.46. The zero-order valence-electron chi connectivity index (χ0n) is 17.0. The first-order valence-electron chi connectivity index (χ1n) is 8.97. The summed E-state index contributed by atoms with van der Waals surface area (Å²) in [6.07, 6.45) is -5.50. The van der Waals surface area contributed by atoms with Crippen LogP contribution in [-0.4, -0.2) is 81.9 Å². The molecule has 1 aliphatic rings. The molecule has 19 nitrogen and oxygen atoms in total. The Morgan fingerprint density at radius 1 is 1.14 bits per heavy atom. The molecular formula is C12H20N3O16P3S. The number of hydrogen-bond acceptors (Lipinski definition) is 13. The van der Waals surface area contributed by atoms with Crippen LogP contribution in [-0.2, 0) is 42.9 Å². The van der Waals surface area contributed by atoms with Crippen LogP contribution < -0.4 is 10.9 Å². The van der Waals surface area contributed by atoms with E-state index in [0.29, 0.717) is 0 Å². The van der Waals surface area contributed by atoms with Gasteiger partial charge in [-0.2, -0.15) is 8.62 Å².